The summed E-state index contributed by atoms with van der Waals surface area (Å²) in [6, 6.07) is 13.7. The van der Waals surface area contributed by atoms with E-state index in [2.05, 4.69) is 5.32 Å². The first kappa shape index (κ1) is 23.1. The van der Waals surface area contributed by atoms with Crippen LogP contribution in [0.15, 0.2) is 48.5 Å². The van der Waals surface area contributed by atoms with Gasteiger partial charge in [0.05, 0.1) is 0 Å². The van der Waals surface area contributed by atoms with Gasteiger partial charge in [0.2, 0.25) is 5.91 Å². The predicted octanol–water partition coefficient (Wildman–Crippen LogP) is 3.80. The normalized spacial score (nSPS) is 19.4. The van der Waals surface area contributed by atoms with Crippen molar-refractivity contribution in [1.82, 2.24) is 5.32 Å². The number of nitrogens with two attached hydrogens (primary N) is 1. The molecule has 7 heteroatoms. The number of ether oxygens (including phenoxy) is 1. The summed E-state index contributed by atoms with van der Waals surface area (Å²) in [6.45, 7) is 1.03. The van der Waals surface area contributed by atoms with Gasteiger partial charge in [0.1, 0.15) is 18.4 Å². The van der Waals surface area contributed by atoms with E-state index >= 15 is 0 Å². The summed E-state index contributed by atoms with van der Waals surface area (Å²) in [4.78, 5) is 24.3. The number of carboxylic acid groups (broad SMARTS) is 1. The van der Waals surface area contributed by atoms with E-state index in [9.17, 15) is 14.7 Å². The maximum absolute atomic E-state index is 12.6. The molecule has 1 saturated carbocycles. The molecule has 0 saturated heterocycles. The summed E-state index contributed by atoms with van der Waals surface area (Å²) in [6.07, 6.45) is 3.58. The van der Waals surface area contributed by atoms with Crippen LogP contribution in [0, 0.1) is 11.8 Å². The number of nitrogens with one attached hydrogen (secondary N) is 1. The number of hydrogen-bond acceptors (Lipinski definition) is 4. The average Bonchev–Trinajstić information content (AvgIpc) is 2.78. The van der Waals surface area contributed by atoms with Crippen molar-refractivity contribution in [3.05, 3.63) is 64.7 Å². The highest BCUT2D eigenvalue weighted by Crippen LogP contribution is 2.28. The van der Waals surface area contributed by atoms with E-state index in [0.29, 0.717) is 29.8 Å². The van der Waals surface area contributed by atoms with E-state index in [0.717, 1.165) is 36.8 Å². The summed E-state index contributed by atoms with van der Waals surface area (Å²) in [5.74, 6) is -0.197. The van der Waals surface area contributed by atoms with Crippen LogP contribution in [-0.4, -0.2) is 29.6 Å². The third-order valence-corrected chi connectivity index (χ3v) is 6.06. The fourth-order valence-corrected chi connectivity index (χ4v) is 4.11. The highest BCUT2D eigenvalue weighted by atomic mass is 35.5. The van der Waals surface area contributed by atoms with Gasteiger partial charge in [0.15, 0.2) is 0 Å². The van der Waals surface area contributed by atoms with Gasteiger partial charge >= 0.3 is 5.97 Å². The number of halogens is 1. The van der Waals surface area contributed by atoms with Gasteiger partial charge < -0.3 is 20.9 Å². The Morgan fingerprint density at radius 2 is 1.81 bits per heavy atom. The number of aliphatic carboxylic acids is 1. The van der Waals surface area contributed by atoms with Gasteiger partial charge in [-0.1, -0.05) is 35.9 Å². The second-order valence-electron chi connectivity index (χ2n) is 8.12. The molecule has 0 aromatic heterocycles. The number of benzene rings is 2. The summed E-state index contributed by atoms with van der Waals surface area (Å²) >= 11 is 5.98. The molecule has 0 spiro atoms. The van der Waals surface area contributed by atoms with Crippen LogP contribution in [0.25, 0.3) is 0 Å². The van der Waals surface area contributed by atoms with Crippen LogP contribution >= 0.6 is 11.6 Å². The molecule has 166 valence electrons. The third-order valence-electron chi connectivity index (χ3n) is 5.82. The highest BCUT2D eigenvalue weighted by Gasteiger charge is 2.29. The summed E-state index contributed by atoms with van der Waals surface area (Å²) in [5, 5.41) is 13.0. The lowest BCUT2D eigenvalue weighted by atomic mass is 9.81. The Morgan fingerprint density at radius 1 is 1.10 bits per heavy atom. The number of rotatable bonds is 9. The lowest BCUT2D eigenvalue weighted by molar-refractivity contribution is -0.142. The number of amides is 1. The zero-order valence-corrected chi connectivity index (χ0v) is 18.2. The Hall–Kier alpha value is -2.57. The third kappa shape index (κ3) is 6.97. The van der Waals surface area contributed by atoms with Crippen molar-refractivity contribution in [1.29, 1.82) is 0 Å². The van der Waals surface area contributed by atoms with E-state index in [1.54, 1.807) is 12.1 Å². The zero-order chi connectivity index (χ0) is 22.2. The summed E-state index contributed by atoms with van der Waals surface area (Å²) in [5.41, 5.74) is 7.48. The Labute approximate surface area is 187 Å². The summed E-state index contributed by atoms with van der Waals surface area (Å²) in [7, 11) is 0. The lowest BCUT2D eigenvalue weighted by Crippen LogP contribution is -2.45. The molecule has 0 heterocycles. The first-order valence-electron chi connectivity index (χ1n) is 10.6. The van der Waals surface area contributed by atoms with Crippen molar-refractivity contribution in [2.24, 2.45) is 17.6 Å². The minimum absolute atomic E-state index is 0.132. The Morgan fingerprint density at radius 3 is 2.42 bits per heavy atom. The standard InChI is InChI=1S/C24H29ClN2O4/c25-20-3-1-2-18(12-20)15-31-21-10-6-16(7-11-21)13-22(24(29)30)27-23(28)19-8-4-17(14-26)5-9-19/h1-3,6-7,10-12,17,19,22H,4-5,8-9,13-15,26H2,(H,27,28)(H,29,30)/t17?,19?,22-/m0/s1. The van der Waals surface area contributed by atoms with Crippen molar-refractivity contribution in [2.75, 3.05) is 6.54 Å². The molecule has 2 aromatic rings. The van der Waals surface area contributed by atoms with Crippen LogP contribution in [0.3, 0.4) is 0 Å². The van der Waals surface area contributed by atoms with Crippen molar-refractivity contribution in [3.63, 3.8) is 0 Å². The summed E-state index contributed by atoms with van der Waals surface area (Å²) < 4.78 is 5.76. The number of carbonyl (C=O) groups excluding carboxylic acids is 1. The SMILES string of the molecule is NCC1CCC(C(=O)N[C@@H](Cc2ccc(OCc3cccc(Cl)c3)cc2)C(=O)O)CC1. The second kappa shape index (κ2) is 11.2. The van der Waals surface area contributed by atoms with Crippen molar-refractivity contribution < 1.29 is 19.4 Å². The number of hydrogen-bond donors (Lipinski definition) is 3. The predicted molar refractivity (Wildman–Crippen MR) is 120 cm³/mol. The van der Waals surface area contributed by atoms with Gasteiger partial charge in [0.25, 0.3) is 0 Å². The first-order valence-corrected chi connectivity index (χ1v) is 11.0. The molecule has 0 radical (unpaired) electrons. The van der Waals surface area contributed by atoms with Crippen molar-refractivity contribution in [2.45, 2.75) is 44.8 Å². The molecule has 0 unspecified atom stereocenters. The van der Waals surface area contributed by atoms with Crippen LogP contribution in [0.2, 0.25) is 5.02 Å². The number of carboxylic acids is 1. The lowest BCUT2D eigenvalue weighted by Gasteiger charge is -2.27. The van der Waals surface area contributed by atoms with Crippen molar-refractivity contribution in [3.8, 4) is 5.75 Å². The maximum atomic E-state index is 12.6. The largest absolute Gasteiger partial charge is 0.489 e. The van der Waals surface area contributed by atoms with E-state index in [1.807, 2.05) is 36.4 Å². The average molecular weight is 445 g/mol. The Balaban J connectivity index is 1.52. The zero-order valence-electron chi connectivity index (χ0n) is 17.4. The van der Waals surface area contributed by atoms with E-state index in [-0.39, 0.29) is 18.2 Å². The molecule has 3 rings (SSSR count). The smallest absolute Gasteiger partial charge is 0.326 e. The molecular weight excluding hydrogens is 416 g/mol. The van der Waals surface area contributed by atoms with E-state index < -0.39 is 12.0 Å². The monoisotopic (exact) mass is 444 g/mol. The molecule has 1 amide bonds. The quantitative estimate of drug-likeness (QED) is 0.546. The molecule has 1 aliphatic rings. The molecule has 31 heavy (non-hydrogen) atoms. The topological polar surface area (TPSA) is 102 Å². The van der Waals surface area contributed by atoms with Crippen molar-refractivity contribution >= 4 is 23.5 Å². The molecule has 1 atom stereocenters. The fourth-order valence-electron chi connectivity index (χ4n) is 3.90. The van der Waals surface area contributed by atoms with Gasteiger partial charge in [-0.25, -0.2) is 4.79 Å². The molecule has 4 N–H and O–H groups in total. The van der Waals surface area contributed by atoms with Crippen LogP contribution in [0.1, 0.15) is 36.8 Å². The Kier molecular flexibility index (Phi) is 8.32. The fraction of sp³-hybridized carbons (Fsp3) is 0.417. The minimum atomic E-state index is -1.04. The molecule has 6 nitrogen and oxygen atoms in total. The van der Waals surface area contributed by atoms with Gasteiger partial charge in [0, 0.05) is 17.4 Å². The van der Waals surface area contributed by atoms with E-state index in [4.69, 9.17) is 22.1 Å². The van der Waals surface area contributed by atoms with Gasteiger partial charge in [-0.15, -0.1) is 0 Å². The molecule has 2 aromatic carbocycles. The van der Waals surface area contributed by atoms with Gasteiger partial charge in [-0.05, 0) is 73.5 Å². The number of carbonyl (C=O) groups is 2. The molecule has 0 bridgehead atoms. The maximum Gasteiger partial charge on any atom is 0.326 e. The first-order chi connectivity index (χ1) is 14.9. The van der Waals surface area contributed by atoms with Crippen LogP contribution in [0.5, 0.6) is 5.75 Å². The molecular formula is C24H29ClN2O4. The van der Waals surface area contributed by atoms with Crippen LogP contribution in [-0.2, 0) is 22.6 Å². The van der Waals surface area contributed by atoms with Gasteiger partial charge in [-0.2, -0.15) is 0 Å². The Bertz CT molecular complexity index is 879. The van der Waals surface area contributed by atoms with E-state index in [1.165, 1.54) is 0 Å². The second-order valence-corrected chi connectivity index (χ2v) is 8.56. The minimum Gasteiger partial charge on any atom is -0.489 e. The van der Waals surface area contributed by atoms with Crippen LogP contribution < -0.4 is 15.8 Å². The molecule has 1 fully saturated rings. The molecule has 0 aliphatic heterocycles. The highest BCUT2D eigenvalue weighted by molar-refractivity contribution is 6.30. The van der Waals surface area contributed by atoms with Gasteiger partial charge in [-0.3, -0.25) is 4.79 Å². The van der Waals surface area contributed by atoms with Crippen LogP contribution in [0.4, 0.5) is 0 Å². The molecule has 1 aliphatic carbocycles.